The second-order valence-electron chi connectivity index (χ2n) is 5.61. The Hall–Kier alpha value is -1.97. The molecule has 0 atom stereocenters. The number of rotatable bonds is 3. The van der Waals surface area contributed by atoms with Crippen LogP contribution in [0.3, 0.4) is 0 Å². The zero-order valence-corrected chi connectivity index (χ0v) is 11.7. The van der Waals surface area contributed by atoms with Crippen LogP contribution in [0, 0.1) is 24.4 Å². The standard InChI is InChI=1S/C17H16F3N/c1-10-2-7-15(19)17(16(10)20)21-14-8-12(9-14)11-3-5-13(18)6-4-11/h2-7,12,14,21H,8-9H2,1H3. The van der Waals surface area contributed by atoms with Gasteiger partial charge in [-0.3, -0.25) is 0 Å². The lowest BCUT2D eigenvalue weighted by atomic mass is 9.76. The van der Waals surface area contributed by atoms with Crippen LogP contribution < -0.4 is 5.32 Å². The maximum absolute atomic E-state index is 13.9. The van der Waals surface area contributed by atoms with Crippen molar-refractivity contribution < 1.29 is 13.2 Å². The third-order valence-corrected chi connectivity index (χ3v) is 4.11. The Kier molecular flexibility index (Phi) is 3.62. The molecular formula is C17H16F3N. The fourth-order valence-electron chi connectivity index (χ4n) is 2.74. The number of hydrogen-bond donors (Lipinski definition) is 1. The Bertz CT molecular complexity index is 646. The summed E-state index contributed by atoms with van der Waals surface area (Å²) in [6.45, 7) is 1.61. The van der Waals surface area contributed by atoms with E-state index in [1.165, 1.54) is 24.3 Å². The predicted molar refractivity (Wildman–Crippen MR) is 76.9 cm³/mol. The summed E-state index contributed by atoms with van der Waals surface area (Å²) < 4.78 is 40.4. The first-order valence-electron chi connectivity index (χ1n) is 7.01. The maximum atomic E-state index is 13.9. The molecule has 0 aliphatic heterocycles. The van der Waals surface area contributed by atoms with Gasteiger partial charge in [0, 0.05) is 6.04 Å². The normalized spacial score (nSPS) is 21.0. The summed E-state index contributed by atoms with van der Waals surface area (Å²) in [7, 11) is 0. The van der Waals surface area contributed by atoms with E-state index in [1.54, 1.807) is 19.1 Å². The predicted octanol–water partition coefficient (Wildman–Crippen LogP) is 4.77. The Morgan fingerprint density at radius 3 is 2.29 bits per heavy atom. The van der Waals surface area contributed by atoms with Crippen molar-refractivity contribution in [1.82, 2.24) is 0 Å². The van der Waals surface area contributed by atoms with Crippen molar-refractivity contribution in [3.63, 3.8) is 0 Å². The molecule has 0 spiro atoms. The van der Waals surface area contributed by atoms with Crippen molar-refractivity contribution in [2.75, 3.05) is 5.32 Å². The molecule has 2 aromatic rings. The summed E-state index contributed by atoms with van der Waals surface area (Å²) >= 11 is 0. The van der Waals surface area contributed by atoms with Gasteiger partial charge in [-0.05, 0) is 55.0 Å². The SMILES string of the molecule is Cc1ccc(F)c(NC2CC(c3ccc(F)cc3)C2)c1F. The van der Waals surface area contributed by atoms with Gasteiger partial charge in [0.15, 0.2) is 5.82 Å². The molecule has 1 saturated carbocycles. The minimum absolute atomic E-state index is 0.0439. The molecule has 1 aliphatic carbocycles. The van der Waals surface area contributed by atoms with Crippen LogP contribution in [0.25, 0.3) is 0 Å². The summed E-state index contributed by atoms with van der Waals surface area (Å²) in [6.07, 6.45) is 1.58. The van der Waals surface area contributed by atoms with Crippen LogP contribution >= 0.6 is 0 Å². The number of hydrogen-bond acceptors (Lipinski definition) is 1. The average molecular weight is 291 g/mol. The zero-order valence-electron chi connectivity index (χ0n) is 11.7. The van der Waals surface area contributed by atoms with Gasteiger partial charge in [0.25, 0.3) is 0 Å². The van der Waals surface area contributed by atoms with Gasteiger partial charge in [-0.25, -0.2) is 13.2 Å². The first kappa shape index (κ1) is 14.0. The maximum Gasteiger partial charge on any atom is 0.152 e. The Morgan fingerprint density at radius 1 is 0.952 bits per heavy atom. The first-order chi connectivity index (χ1) is 10.0. The molecule has 0 amide bonds. The Labute approximate surface area is 121 Å². The van der Waals surface area contributed by atoms with Gasteiger partial charge in [-0.15, -0.1) is 0 Å². The van der Waals surface area contributed by atoms with Crippen LogP contribution in [-0.2, 0) is 0 Å². The van der Waals surface area contributed by atoms with Gasteiger partial charge in [-0.2, -0.15) is 0 Å². The third-order valence-electron chi connectivity index (χ3n) is 4.11. The minimum atomic E-state index is -0.566. The summed E-state index contributed by atoms with van der Waals surface area (Å²) in [5.74, 6) is -1.03. The topological polar surface area (TPSA) is 12.0 Å². The number of benzene rings is 2. The van der Waals surface area contributed by atoms with E-state index in [4.69, 9.17) is 0 Å². The molecule has 0 unspecified atom stereocenters. The number of aryl methyl sites for hydroxylation is 1. The zero-order chi connectivity index (χ0) is 15.0. The van der Waals surface area contributed by atoms with E-state index in [0.717, 1.165) is 18.4 Å². The molecule has 1 nitrogen and oxygen atoms in total. The lowest BCUT2D eigenvalue weighted by Gasteiger charge is -2.37. The van der Waals surface area contributed by atoms with E-state index in [0.29, 0.717) is 11.5 Å². The van der Waals surface area contributed by atoms with E-state index in [9.17, 15) is 13.2 Å². The molecule has 1 N–H and O–H groups in total. The van der Waals surface area contributed by atoms with Gasteiger partial charge >= 0.3 is 0 Å². The van der Waals surface area contributed by atoms with Gasteiger partial charge in [0.05, 0.1) is 0 Å². The van der Waals surface area contributed by atoms with Crippen LogP contribution in [0.4, 0.5) is 18.9 Å². The highest BCUT2D eigenvalue weighted by Crippen LogP contribution is 2.39. The molecule has 1 aliphatic rings. The smallest absolute Gasteiger partial charge is 0.152 e. The molecule has 0 radical (unpaired) electrons. The van der Waals surface area contributed by atoms with E-state index in [1.807, 2.05) is 0 Å². The molecule has 0 saturated heterocycles. The summed E-state index contributed by atoms with van der Waals surface area (Å²) in [5.41, 5.74) is 1.45. The molecule has 4 heteroatoms. The number of halogens is 3. The molecular weight excluding hydrogens is 275 g/mol. The van der Waals surface area contributed by atoms with Crippen LogP contribution in [0.15, 0.2) is 36.4 Å². The highest BCUT2D eigenvalue weighted by atomic mass is 19.1. The minimum Gasteiger partial charge on any atom is -0.378 e. The van der Waals surface area contributed by atoms with Gasteiger partial charge < -0.3 is 5.32 Å². The molecule has 0 bridgehead atoms. The van der Waals surface area contributed by atoms with Crippen molar-refractivity contribution in [3.8, 4) is 0 Å². The Morgan fingerprint density at radius 2 is 1.62 bits per heavy atom. The van der Waals surface area contributed by atoms with Crippen LogP contribution in [0.5, 0.6) is 0 Å². The molecule has 21 heavy (non-hydrogen) atoms. The van der Waals surface area contributed by atoms with E-state index < -0.39 is 11.6 Å². The molecule has 110 valence electrons. The molecule has 0 aromatic heterocycles. The molecule has 2 aromatic carbocycles. The van der Waals surface area contributed by atoms with E-state index in [-0.39, 0.29) is 17.5 Å². The lowest BCUT2D eigenvalue weighted by Crippen LogP contribution is -2.34. The van der Waals surface area contributed by atoms with Crippen molar-refractivity contribution in [2.24, 2.45) is 0 Å². The highest BCUT2D eigenvalue weighted by molar-refractivity contribution is 5.50. The fraction of sp³-hybridized carbons (Fsp3) is 0.294. The summed E-state index contributed by atoms with van der Waals surface area (Å²) in [4.78, 5) is 0. The molecule has 3 rings (SSSR count). The monoisotopic (exact) mass is 291 g/mol. The largest absolute Gasteiger partial charge is 0.378 e. The lowest BCUT2D eigenvalue weighted by molar-refractivity contribution is 0.371. The fourth-order valence-corrected chi connectivity index (χ4v) is 2.74. The van der Waals surface area contributed by atoms with E-state index in [2.05, 4.69) is 5.32 Å². The number of nitrogens with one attached hydrogen (secondary N) is 1. The van der Waals surface area contributed by atoms with Crippen LogP contribution in [0.1, 0.15) is 29.9 Å². The van der Waals surface area contributed by atoms with Crippen molar-refractivity contribution in [2.45, 2.75) is 31.7 Å². The van der Waals surface area contributed by atoms with Crippen LogP contribution in [0.2, 0.25) is 0 Å². The average Bonchev–Trinajstić information content (AvgIpc) is 2.43. The van der Waals surface area contributed by atoms with Gasteiger partial charge in [0.1, 0.15) is 17.3 Å². The molecule has 1 fully saturated rings. The van der Waals surface area contributed by atoms with Crippen molar-refractivity contribution in [1.29, 1.82) is 0 Å². The Balaban J connectivity index is 1.65. The molecule has 0 heterocycles. The first-order valence-corrected chi connectivity index (χ1v) is 7.01. The highest BCUT2D eigenvalue weighted by Gasteiger charge is 2.31. The quantitative estimate of drug-likeness (QED) is 0.859. The van der Waals surface area contributed by atoms with Gasteiger partial charge in [0.2, 0.25) is 0 Å². The second kappa shape index (κ2) is 5.43. The van der Waals surface area contributed by atoms with Crippen molar-refractivity contribution >= 4 is 5.69 Å². The third kappa shape index (κ3) is 2.75. The second-order valence-corrected chi connectivity index (χ2v) is 5.61. The van der Waals surface area contributed by atoms with Crippen molar-refractivity contribution in [3.05, 3.63) is 65.0 Å². The van der Waals surface area contributed by atoms with E-state index >= 15 is 0 Å². The van der Waals surface area contributed by atoms with Crippen LogP contribution in [-0.4, -0.2) is 6.04 Å². The number of anilines is 1. The van der Waals surface area contributed by atoms with Gasteiger partial charge in [-0.1, -0.05) is 18.2 Å². The summed E-state index contributed by atoms with van der Waals surface area (Å²) in [5, 5.41) is 2.94. The summed E-state index contributed by atoms with van der Waals surface area (Å²) in [6, 6.07) is 9.17.